The molecule has 96 valence electrons. The lowest BCUT2D eigenvalue weighted by Gasteiger charge is -2.42. The molecule has 0 bridgehead atoms. The smallest absolute Gasteiger partial charge is 0.357 e. The Kier molecular flexibility index (Phi) is 3.62. The molecular weight excluding hydrogens is 222 g/mol. The lowest BCUT2D eigenvalue weighted by Crippen LogP contribution is -2.54. The first-order valence-electron chi connectivity index (χ1n) is 5.44. The summed E-state index contributed by atoms with van der Waals surface area (Å²) in [6.07, 6.45) is 1.30. The molecule has 0 unspecified atom stereocenters. The van der Waals surface area contributed by atoms with Gasteiger partial charge in [0, 0.05) is 5.41 Å². The van der Waals surface area contributed by atoms with Gasteiger partial charge in [-0.2, -0.15) is 0 Å². The van der Waals surface area contributed by atoms with Crippen molar-refractivity contribution in [2.45, 2.75) is 33.3 Å². The van der Waals surface area contributed by atoms with Gasteiger partial charge in [0.05, 0.1) is 13.7 Å². The molecule has 0 fully saturated rings. The number of aliphatic imine (C=N–C) groups is 1. The number of ether oxygens (including phenoxy) is 2. The number of cyclic esters (lactones) is 1. The molecule has 5 heteroatoms. The molecular formula is C12H19NO4. The van der Waals surface area contributed by atoms with Crippen molar-refractivity contribution in [3.63, 3.8) is 0 Å². The summed E-state index contributed by atoms with van der Waals surface area (Å²) in [5, 5.41) is 8.79. The first-order valence-corrected chi connectivity index (χ1v) is 5.44. The molecule has 1 aliphatic rings. The summed E-state index contributed by atoms with van der Waals surface area (Å²) in [6, 6.07) is 0. The van der Waals surface area contributed by atoms with Crippen molar-refractivity contribution in [1.82, 2.24) is 0 Å². The van der Waals surface area contributed by atoms with Crippen LogP contribution in [0.4, 0.5) is 0 Å². The number of hydrogen-bond acceptors (Lipinski definition) is 5. The number of carbonyl (C=O) groups excluding carboxylic acids is 1. The standard InChI is InChI=1S/C12H19NO4/c1-11(2,3)12(4)10(16-5)13-8(6-7-14)9(15)17-12/h6,14H,7H2,1-5H3/b8-6-/t12-/m1/s1. The van der Waals surface area contributed by atoms with Gasteiger partial charge in [-0.3, -0.25) is 0 Å². The van der Waals surface area contributed by atoms with E-state index >= 15 is 0 Å². The Hall–Kier alpha value is -1.36. The summed E-state index contributed by atoms with van der Waals surface area (Å²) in [5.74, 6) is -0.207. The van der Waals surface area contributed by atoms with Crippen LogP contribution in [0.25, 0.3) is 0 Å². The molecule has 0 aromatic heterocycles. The molecule has 0 spiro atoms. The van der Waals surface area contributed by atoms with Crippen LogP contribution in [-0.2, 0) is 14.3 Å². The fourth-order valence-corrected chi connectivity index (χ4v) is 1.47. The van der Waals surface area contributed by atoms with E-state index < -0.39 is 11.6 Å². The number of methoxy groups -OCH3 is 1. The quantitative estimate of drug-likeness (QED) is 0.554. The van der Waals surface area contributed by atoms with E-state index in [9.17, 15) is 4.79 Å². The number of aliphatic hydroxyl groups is 1. The molecule has 0 saturated carbocycles. The van der Waals surface area contributed by atoms with Gasteiger partial charge in [0.25, 0.3) is 0 Å². The highest BCUT2D eigenvalue weighted by atomic mass is 16.6. The molecule has 0 amide bonds. The van der Waals surface area contributed by atoms with E-state index in [1.807, 2.05) is 20.8 Å². The van der Waals surface area contributed by atoms with Crippen LogP contribution in [-0.4, -0.2) is 36.3 Å². The number of aliphatic hydroxyl groups excluding tert-OH is 1. The van der Waals surface area contributed by atoms with Crippen molar-refractivity contribution in [2.24, 2.45) is 10.4 Å². The Morgan fingerprint density at radius 2 is 2.12 bits per heavy atom. The Bertz CT molecular complexity index is 378. The van der Waals surface area contributed by atoms with Gasteiger partial charge in [0.2, 0.25) is 5.90 Å². The zero-order valence-corrected chi connectivity index (χ0v) is 10.9. The highest BCUT2D eigenvalue weighted by molar-refractivity contribution is 6.00. The molecule has 1 heterocycles. The fourth-order valence-electron chi connectivity index (χ4n) is 1.47. The Labute approximate surface area is 101 Å². The van der Waals surface area contributed by atoms with Crippen LogP contribution in [0.15, 0.2) is 16.8 Å². The van der Waals surface area contributed by atoms with Gasteiger partial charge < -0.3 is 14.6 Å². The predicted molar refractivity (Wildman–Crippen MR) is 63.6 cm³/mol. The normalized spacial score (nSPS) is 27.8. The van der Waals surface area contributed by atoms with Crippen molar-refractivity contribution < 1.29 is 19.4 Å². The van der Waals surface area contributed by atoms with Gasteiger partial charge in [-0.15, -0.1) is 0 Å². The zero-order chi connectivity index (χ0) is 13.3. The number of rotatable bonds is 1. The Morgan fingerprint density at radius 3 is 2.53 bits per heavy atom. The maximum atomic E-state index is 11.7. The molecule has 0 saturated heterocycles. The van der Waals surface area contributed by atoms with Gasteiger partial charge in [0.1, 0.15) is 0 Å². The summed E-state index contributed by atoms with van der Waals surface area (Å²) in [6.45, 7) is 7.32. The fraction of sp³-hybridized carbons (Fsp3) is 0.667. The van der Waals surface area contributed by atoms with E-state index in [1.165, 1.54) is 13.2 Å². The maximum absolute atomic E-state index is 11.7. The first kappa shape index (κ1) is 13.7. The Balaban J connectivity index is 3.27. The summed E-state index contributed by atoms with van der Waals surface area (Å²) in [5.41, 5.74) is -1.18. The largest absolute Gasteiger partial charge is 0.481 e. The van der Waals surface area contributed by atoms with E-state index in [0.717, 1.165) is 0 Å². The average molecular weight is 241 g/mol. The third-order valence-electron chi connectivity index (χ3n) is 3.05. The molecule has 0 aliphatic carbocycles. The highest BCUT2D eigenvalue weighted by Crippen LogP contribution is 2.38. The molecule has 1 aliphatic heterocycles. The number of hydrogen-bond donors (Lipinski definition) is 1. The molecule has 0 aromatic rings. The van der Waals surface area contributed by atoms with E-state index in [2.05, 4.69) is 4.99 Å². The van der Waals surface area contributed by atoms with Crippen LogP contribution in [0.3, 0.4) is 0 Å². The van der Waals surface area contributed by atoms with Crippen LogP contribution in [0.1, 0.15) is 27.7 Å². The maximum Gasteiger partial charge on any atom is 0.357 e. The van der Waals surface area contributed by atoms with Crippen LogP contribution < -0.4 is 0 Å². The Morgan fingerprint density at radius 1 is 1.53 bits per heavy atom. The van der Waals surface area contributed by atoms with E-state index in [-0.39, 0.29) is 17.7 Å². The van der Waals surface area contributed by atoms with E-state index in [0.29, 0.717) is 5.90 Å². The topological polar surface area (TPSA) is 68.1 Å². The van der Waals surface area contributed by atoms with Gasteiger partial charge in [-0.25, -0.2) is 9.79 Å². The number of carbonyl (C=O) groups is 1. The summed E-state index contributed by atoms with van der Waals surface area (Å²) in [4.78, 5) is 15.9. The monoisotopic (exact) mass is 241 g/mol. The highest BCUT2D eigenvalue weighted by Gasteiger charge is 2.50. The first-order chi connectivity index (χ1) is 7.76. The van der Waals surface area contributed by atoms with Crippen LogP contribution >= 0.6 is 0 Å². The van der Waals surface area contributed by atoms with Crippen molar-refractivity contribution in [2.75, 3.05) is 13.7 Å². The lowest BCUT2D eigenvalue weighted by molar-refractivity contribution is -0.158. The minimum atomic E-state index is -0.911. The minimum absolute atomic E-state index is 0.0751. The lowest BCUT2D eigenvalue weighted by atomic mass is 9.76. The van der Waals surface area contributed by atoms with Crippen molar-refractivity contribution in [1.29, 1.82) is 0 Å². The molecule has 1 N–H and O–H groups in total. The third-order valence-corrected chi connectivity index (χ3v) is 3.05. The second-order valence-electron chi connectivity index (χ2n) is 5.07. The predicted octanol–water partition coefficient (Wildman–Crippen LogP) is 1.27. The van der Waals surface area contributed by atoms with Gasteiger partial charge >= 0.3 is 5.97 Å². The molecule has 0 radical (unpaired) electrons. The van der Waals surface area contributed by atoms with Crippen molar-refractivity contribution in [3.8, 4) is 0 Å². The summed E-state index contributed by atoms with van der Waals surface area (Å²) < 4.78 is 10.6. The van der Waals surface area contributed by atoms with Crippen LogP contribution in [0.5, 0.6) is 0 Å². The summed E-state index contributed by atoms with van der Waals surface area (Å²) in [7, 11) is 1.48. The third kappa shape index (κ3) is 2.34. The SMILES string of the molecule is COC1=N/C(=C\CO)C(=O)O[C@@]1(C)C(C)(C)C. The van der Waals surface area contributed by atoms with E-state index in [4.69, 9.17) is 14.6 Å². The summed E-state index contributed by atoms with van der Waals surface area (Å²) >= 11 is 0. The van der Waals surface area contributed by atoms with Crippen LogP contribution in [0, 0.1) is 5.41 Å². The second kappa shape index (κ2) is 4.49. The molecule has 17 heavy (non-hydrogen) atoms. The van der Waals surface area contributed by atoms with Gasteiger partial charge in [-0.05, 0) is 13.0 Å². The van der Waals surface area contributed by atoms with Crippen molar-refractivity contribution in [3.05, 3.63) is 11.8 Å². The van der Waals surface area contributed by atoms with Crippen LogP contribution in [0.2, 0.25) is 0 Å². The zero-order valence-electron chi connectivity index (χ0n) is 10.9. The van der Waals surface area contributed by atoms with Crippen molar-refractivity contribution >= 4 is 11.9 Å². The molecule has 1 atom stereocenters. The van der Waals surface area contributed by atoms with Gasteiger partial charge in [0.15, 0.2) is 11.3 Å². The number of esters is 1. The molecule has 0 aromatic carbocycles. The number of nitrogens with zero attached hydrogens (tertiary/aromatic N) is 1. The minimum Gasteiger partial charge on any atom is -0.481 e. The molecule has 1 rings (SSSR count). The van der Waals surface area contributed by atoms with E-state index in [1.54, 1.807) is 6.92 Å². The molecule has 5 nitrogen and oxygen atoms in total. The second-order valence-corrected chi connectivity index (χ2v) is 5.07. The van der Waals surface area contributed by atoms with Gasteiger partial charge in [-0.1, -0.05) is 20.8 Å². The average Bonchev–Trinajstić information content (AvgIpc) is 2.20.